The molecule has 1 atom stereocenters. The van der Waals surface area contributed by atoms with Crippen molar-refractivity contribution >= 4 is 21.6 Å². The molecule has 0 saturated heterocycles. The van der Waals surface area contributed by atoms with E-state index < -0.39 is 0 Å². The molecule has 0 saturated carbocycles. The lowest BCUT2D eigenvalue weighted by Crippen LogP contribution is -2.21. The molecule has 0 N–H and O–H groups in total. The van der Waals surface area contributed by atoms with Crippen molar-refractivity contribution in [2.75, 3.05) is 21.0 Å². The average molecular weight is 404 g/mol. The summed E-state index contributed by atoms with van der Waals surface area (Å²) in [5.74, 6) is 2.55. The van der Waals surface area contributed by atoms with Crippen LogP contribution >= 0.6 is 15.9 Å². The van der Waals surface area contributed by atoms with Gasteiger partial charge in [0, 0.05) is 15.6 Å². The Hall–Kier alpha value is -2.21. The van der Waals surface area contributed by atoms with Crippen molar-refractivity contribution in [3.05, 3.63) is 45.4 Å². The summed E-state index contributed by atoms with van der Waals surface area (Å²) >= 11 is 3.48. The molecule has 2 aromatic rings. The molecular weight excluding hydrogens is 386 g/mol. The third kappa shape index (κ3) is 2.56. The predicted octanol–water partition coefficient (Wildman–Crippen LogP) is 3.98. The van der Waals surface area contributed by atoms with E-state index in [4.69, 9.17) is 23.9 Å². The van der Waals surface area contributed by atoms with Gasteiger partial charge in [-0.05, 0) is 25.5 Å². The smallest absolute Gasteiger partial charge is 0.231 e. The van der Waals surface area contributed by atoms with Crippen LogP contribution in [0.1, 0.15) is 23.6 Å². The molecule has 130 valence electrons. The minimum Gasteiger partial charge on any atom is -0.492 e. The predicted molar refractivity (Wildman–Crippen MR) is 98.6 cm³/mol. The van der Waals surface area contributed by atoms with Gasteiger partial charge in [0.15, 0.2) is 11.5 Å². The van der Waals surface area contributed by atoms with Crippen molar-refractivity contribution in [2.24, 2.45) is 4.99 Å². The summed E-state index contributed by atoms with van der Waals surface area (Å²) in [6.07, 6.45) is 0.755. The van der Waals surface area contributed by atoms with E-state index in [9.17, 15) is 0 Å². The number of fused-ring (bicyclic) bond motifs is 2. The maximum atomic E-state index is 5.72. The van der Waals surface area contributed by atoms with E-state index in [1.54, 1.807) is 14.2 Å². The fourth-order valence-electron chi connectivity index (χ4n) is 3.43. The summed E-state index contributed by atoms with van der Waals surface area (Å²) in [6, 6.07) is 8.23. The average Bonchev–Trinajstić information content (AvgIpc) is 3.09. The number of nitrogens with zero attached hydrogens (tertiary/aromatic N) is 1. The maximum absolute atomic E-state index is 5.72. The molecule has 2 aromatic carbocycles. The number of halogens is 1. The Balaban J connectivity index is 2.01. The first kappa shape index (κ1) is 16.3. The number of aliphatic imine (C=N–C) groups is 1. The topological polar surface area (TPSA) is 49.3 Å². The van der Waals surface area contributed by atoms with Gasteiger partial charge >= 0.3 is 0 Å². The second kappa shape index (κ2) is 6.26. The van der Waals surface area contributed by atoms with E-state index in [-0.39, 0.29) is 12.8 Å². The Labute approximate surface area is 154 Å². The fraction of sp³-hybridized carbons (Fsp3) is 0.316. The van der Waals surface area contributed by atoms with Crippen LogP contribution in [0.2, 0.25) is 0 Å². The highest BCUT2D eigenvalue weighted by Crippen LogP contribution is 2.53. The zero-order chi connectivity index (χ0) is 17.6. The second-order valence-corrected chi connectivity index (χ2v) is 6.94. The van der Waals surface area contributed by atoms with Gasteiger partial charge in [-0.15, -0.1) is 0 Å². The van der Waals surface area contributed by atoms with Crippen LogP contribution in [-0.2, 0) is 6.42 Å². The van der Waals surface area contributed by atoms with Gasteiger partial charge in [-0.2, -0.15) is 0 Å². The van der Waals surface area contributed by atoms with Gasteiger partial charge in [0.1, 0.15) is 0 Å². The molecule has 25 heavy (non-hydrogen) atoms. The lowest BCUT2D eigenvalue weighted by atomic mass is 9.88. The largest absolute Gasteiger partial charge is 0.492 e. The summed E-state index contributed by atoms with van der Waals surface area (Å²) in [4.78, 5) is 4.90. The Morgan fingerprint density at radius 2 is 1.68 bits per heavy atom. The van der Waals surface area contributed by atoms with Gasteiger partial charge in [0.2, 0.25) is 18.3 Å². The first-order valence-electron chi connectivity index (χ1n) is 8.04. The molecule has 0 aliphatic carbocycles. The SMILES string of the molecule is COc1c2c(c(OC)c3c1OCO3)C(c1ccc(Br)cc1)=NC(C)C2. The molecule has 2 aliphatic heterocycles. The van der Waals surface area contributed by atoms with Gasteiger partial charge in [-0.1, -0.05) is 28.1 Å². The van der Waals surface area contributed by atoms with E-state index >= 15 is 0 Å². The monoisotopic (exact) mass is 403 g/mol. The highest BCUT2D eigenvalue weighted by molar-refractivity contribution is 9.10. The van der Waals surface area contributed by atoms with E-state index in [0.717, 1.165) is 33.3 Å². The van der Waals surface area contributed by atoms with Crippen LogP contribution in [0, 0.1) is 0 Å². The molecule has 0 radical (unpaired) electrons. The Morgan fingerprint density at radius 3 is 2.32 bits per heavy atom. The minimum atomic E-state index is 0.130. The molecular formula is C19H18BrNO4. The highest BCUT2D eigenvalue weighted by Gasteiger charge is 2.36. The Kier molecular flexibility index (Phi) is 4.07. The van der Waals surface area contributed by atoms with Gasteiger partial charge in [0.25, 0.3) is 0 Å². The fourth-order valence-corrected chi connectivity index (χ4v) is 3.69. The van der Waals surface area contributed by atoms with Gasteiger partial charge in [-0.3, -0.25) is 4.99 Å². The van der Waals surface area contributed by atoms with Gasteiger partial charge < -0.3 is 18.9 Å². The lowest BCUT2D eigenvalue weighted by molar-refractivity contribution is 0.168. The molecule has 0 amide bonds. The summed E-state index contributed by atoms with van der Waals surface area (Å²) in [5.41, 5.74) is 3.87. The number of methoxy groups -OCH3 is 2. The van der Waals surface area contributed by atoms with Crippen molar-refractivity contribution in [3.8, 4) is 23.0 Å². The highest BCUT2D eigenvalue weighted by atomic mass is 79.9. The van der Waals surface area contributed by atoms with E-state index in [2.05, 4.69) is 22.9 Å². The summed E-state index contributed by atoms with van der Waals surface area (Å²) in [7, 11) is 3.29. The number of hydrogen-bond acceptors (Lipinski definition) is 5. The summed E-state index contributed by atoms with van der Waals surface area (Å²) < 4.78 is 23.7. The van der Waals surface area contributed by atoms with Crippen LogP contribution in [0.4, 0.5) is 0 Å². The number of benzene rings is 2. The van der Waals surface area contributed by atoms with Crippen LogP contribution in [0.25, 0.3) is 0 Å². The maximum Gasteiger partial charge on any atom is 0.231 e. The Morgan fingerprint density at radius 1 is 1.04 bits per heavy atom. The molecule has 0 fully saturated rings. The van der Waals surface area contributed by atoms with E-state index in [1.807, 2.05) is 24.3 Å². The van der Waals surface area contributed by atoms with Crippen molar-refractivity contribution in [1.82, 2.24) is 0 Å². The quantitative estimate of drug-likeness (QED) is 0.777. The van der Waals surface area contributed by atoms with Crippen LogP contribution in [0.15, 0.2) is 33.7 Å². The number of rotatable bonds is 3. The lowest BCUT2D eigenvalue weighted by Gasteiger charge is -2.26. The first-order chi connectivity index (χ1) is 12.1. The van der Waals surface area contributed by atoms with Crippen molar-refractivity contribution in [1.29, 1.82) is 0 Å². The zero-order valence-electron chi connectivity index (χ0n) is 14.3. The molecule has 6 heteroatoms. The van der Waals surface area contributed by atoms with Gasteiger partial charge in [-0.25, -0.2) is 0 Å². The van der Waals surface area contributed by atoms with Crippen LogP contribution < -0.4 is 18.9 Å². The molecule has 5 nitrogen and oxygen atoms in total. The molecule has 0 aromatic heterocycles. The first-order valence-corrected chi connectivity index (χ1v) is 8.83. The normalized spacial score (nSPS) is 17.8. The molecule has 2 heterocycles. The zero-order valence-corrected chi connectivity index (χ0v) is 15.8. The molecule has 0 spiro atoms. The van der Waals surface area contributed by atoms with Crippen LogP contribution in [0.5, 0.6) is 23.0 Å². The third-order valence-electron chi connectivity index (χ3n) is 4.44. The molecule has 1 unspecified atom stereocenters. The van der Waals surface area contributed by atoms with E-state index in [1.165, 1.54) is 0 Å². The minimum absolute atomic E-state index is 0.130. The van der Waals surface area contributed by atoms with Crippen LogP contribution in [-0.4, -0.2) is 32.8 Å². The van der Waals surface area contributed by atoms with E-state index in [0.29, 0.717) is 23.0 Å². The van der Waals surface area contributed by atoms with Crippen LogP contribution in [0.3, 0.4) is 0 Å². The van der Waals surface area contributed by atoms with Gasteiger partial charge in [0.05, 0.1) is 31.5 Å². The number of ether oxygens (including phenoxy) is 4. The van der Waals surface area contributed by atoms with Crippen molar-refractivity contribution in [3.63, 3.8) is 0 Å². The van der Waals surface area contributed by atoms with Crippen molar-refractivity contribution < 1.29 is 18.9 Å². The molecule has 4 rings (SSSR count). The molecule has 2 aliphatic rings. The summed E-state index contributed by atoms with van der Waals surface area (Å²) in [5, 5.41) is 0. The van der Waals surface area contributed by atoms with Crippen molar-refractivity contribution in [2.45, 2.75) is 19.4 Å². The summed E-state index contributed by atoms with van der Waals surface area (Å²) in [6.45, 7) is 2.25. The standard InChI is InChI=1S/C19H18BrNO4/c1-10-8-13-14(15(21-10)11-4-6-12(20)7-5-11)17(23-3)19-18(16(13)22-2)24-9-25-19/h4-7,10H,8-9H2,1-3H3. The third-order valence-corrected chi connectivity index (χ3v) is 4.97. The number of hydrogen-bond donors (Lipinski definition) is 0. The second-order valence-electron chi connectivity index (χ2n) is 6.02. The molecule has 0 bridgehead atoms. The Bertz CT molecular complexity index is 861.